The topological polar surface area (TPSA) is 42.0 Å². The highest BCUT2D eigenvalue weighted by Crippen LogP contribution is 2.15. The van der Waals surface area contributed by atoms with Gasteiger partial charge in [-0.25, -0.2) is 0 Å². The first kappa shape index (κ1) is 11.2. The van der Waals surface area contributed by atoms with Crippen LogP contribution in [0.2, 0.25) is 0 Å². The molecule has 0 aliphatic heterocycles. The number of hydrogen-bond acceptors (Lipinski definition) is 2. The lowest BCUT2D eigenvalue weighted by Crippen LogP contribution is -2.24. The van der Waals surface area contributed by atoms with Crippen LogP contribution >= 0.6 is 0 Å². The number of pyridine rings is 1. The normalized spacial score (nSPS) is 9.82. The quantitative estimate of drug-likeness (QED) is 0.640. The Balaban J connectivity index is 2.29. The predicted molar refractivity (Wildman–Crippen MR) is 67.5 cm³/mol. The Morgan fingerprint density at radius 1 is 1.35 bits per heavy atom. The van der Waals surface area contributed by atoms with Crippen molar-refractivity contribution in [3.63, 3.8) is 0 Å². The Morgan fingerprint density at radius 2 is 2.24 bits per heavy atom. The molecule has 1 aromatic heterocycles. The van der Waals surface area contributed by atoms with Crippen LogP contribution in [-0.4, -0.2) is 17.4 Å². The molecule has 3 heteroatoms. The molecule has 1 aromatic carbocycles. The third-order valence-electron chi connectivity index (χ3n) is 2.45. The lowest BCUT2D eigenvalue weighted by molar-refractivity contribution is 0.0956. The van der Waals surface area contributed by atoms with Gasteiger partial charge >= 0.3 is 0 Å². The Labute approximate surface area is 99.9 Å². The number of carbonyl (C=O) groups excluding carboxylic acids is 1. The third kappa shape index (κ3) is 2.43. The molecule has 0 atom stereocenters. The fraction of sp³-hybridized carbons (Fsp3) is 0.143. The molecule has 1 heterocycles. The maximum Gasteiger partial charge on any atom is 0.252 e. The second kappa shape index (κ2) is 5.13. The van der Waals surface area contributed by atoms with Crippen molar-refractivity contribution in [1.29, 1.82) is 0 Å². The molecule has 84 valence electrons. The molecule has 1 amide bonds. The van der Waals surface area contributed by atoms with Gasteiger partial charge < -0.3 is 5.32 Å². The first-order valence-electron chi connectivity index (χ1n) is 5.38. The molecule has 2 rings (SSSR count). The summed E-state index contributed by atoms with van der Waals surface area (Å²) in [6.45, 7) is 0.492. The van der Waals surface area contributed by atoms with E-state index in [9.17, 15) is 4.79 Å². The number of nitrogens with one attached hydrogen (secondary N) is 1. The summed E-state index contributed by atoms with van der Waals surface area (Å²) < 4.78 is 0. The van der Waals surface area contributed by atoms with Crippen LogP contribution in [0.15, 0.2) is 36.5 Å². The molecule has 1 N–H and O–H groups in total. The summed E-state index contributed by atoms with van der Waals surface area (Å²) in [6, 6.07) is 9.20. The van der Waals surface area contributed by atoms with E-state index in [4.69, 9.17) is 6.42 Å². The van der Waals surface area contributed by atoms with Crippen molar-refractivity contribution in [2.45, 2.75) is 6.42 Å². The van der Waals surface area contributed by atoms with E-state index >= 15 is 0 Å². The summed E-state index contributed by atoms with van der Waals surface area (Å²) in [6.07, 6.45) is 7.38. The zero-order valence-electron chi connectivity index (χ0n) is 9.31. The average molecular weight is 224 g/mol. The zero-order chi connectivity index (χ0) is 12.1. The van der Waals surface area contributed by atoms with Gasteiger partial charge in [0.1, 0.15) is 0 Å². The number of rotatable bonds is 3. The van der Waals surface area contributed by atoms with Crippen molar-refractivity contribution in [3.05, 3.63) is 42.1 Å². The molecule has 0 spiro atoms. The van der Waals surface area contributed by atoms with Crippen molar-refractivity contribution in [2.24, 2.45) is 0 Å². The van der Waals surface area contributed by atoms with Crippen molar-refractivity contribution >= 4 is 16.8 Å². The van der Waals surface area contributed by atoms with Gasteiger partial charge in [-0.05, 0) is 18.2 Å². The molecule has 0 bridgehead atoms. The number of carbonyl (C=O) groups is 1. The largest absolute Gasteiger partial charge is 0.351 e. The number of fused-ring (bicyclic) bond motifs is 1. The summed E-state index contributed by atoms with van der Waals surface area (Å²) >= 11 is 0. The van der Waals surface area contributed by atoms with Crippen molar-refractivity contribution in [1.82, 2.24) is 10.3 Å². The first-order valence-corrected chi connectivity index (χ1v) is 5.38. The number of benzene rings is 1. The van der Waals surface area contributed by atoms with E-state index in [1.54, 1.807) is 12.3 Å². The number of hydrogen-bond donors (Lipinski definition) is 1. The number of nitrogens with zero attached hydrogens (tertiary/aromatic N) is 1. The zero-order valence-corrected chi connectivity index (χ0v) is 9.31. The fourth-order valence-corrected chi connectivity index (χ4v) is 1.64. The van der Waals surface area contributed by atoms with Gasteiger partial charge in [0.2, 0.25) is 0 Å². The average Bonchev–Trinajstić information content (AvgIpc) is 2.38. The summed E-state index contributed by atoms with van der Waals surface area (Å²) in [5.41, 5.74) is 1.45. The number of aromatic nitrogens is 1. The highest BCUT2D eigenvalue weighted by molar-refractivity contribution is 6.06. The van der Waals surface area contributed by atoms with Crippen LogP contribution in [-0.2, 0) is 0 Å². The van der Waals surface area contributed by atoms with E-state index < -0.39 is 0 Å². The van der Waals surface area contributed by atoms with Gasteiger partial charge in [-0.2, -0.15) is 0 Å². The SMILES string of the molecule is C#CCCNC(=O)c1cccc2ncccc12. The van der Waals surface area contributed by atoms with Gasteiger partial charge in [-0.3, -0.25) is 9.78 Å². The van der Waals surface area contributed by atoms with E-state index in [0.717, 1.165) is 10.9 Å². The van der Waals surface area contributed by atoms with Crippen LogP contribution in [0.4, 0.5) is 0 Å². The van der Waals surface area contributed by atoms with E-state index in [1.165, 1.54) is 0 Å². The maximum absolute atomic E-state index is 11.9. The van der Waals surface area contributed by atoms with Crippen LogP contribution in [0.25, 0.3) is 10.9 Å². The third-order valence-corrected chi connectivity index (χ3v) is 2.45. The van der Waals surface area contributed by atoms with Gasteiger partial charge in [0.25, 0.3) is 5.91 Å². The molecule has 0 fully saturated rings. The molecule has 0 saturated heterocycles. The number of amides is 1. The van der Waals surface area contributed by atoms with Crippen LogP contribution in [0.3, 0.4) is 0 Å². The van der Waals surface area contributed by atoms with E-state index in [1.807, 2.05) is 24.3 Å². The van der Waals surface area contributed by atoms with E-state index in [-0.39, 0.29) is 5.91 Å². The molecule has 0 aliphatic carbocycles. The predicted octanol–water partition coefficient (Wildman–Crippen LogP) is 1.99. The van der Waals surface area contributed by atoms with Gasteiger partial charge in [-0.15, -0.1) is 12.3 Å². The summed E-state index contributed by atoms with van der Waals surface area (Å²) in [4.78, 5) is 16.1. The van der Waals surface area contributed by atoms with Gasteiger partial charge in [0.05, 0.1) is 5.52 Å². The van der Waals surface area contributed by atoms with Crippen LogP contribution < -0.4 is 5.32 Å². The molecule has 0 unspecified atom stereocenters. The second-order valence-corrected chi connectivity index (χ2v) is 3.59. The van der Waals surface area contributed by atoms with E-state index in [2.05, 4.69) is 16.2 Å². The van der Waals surface area contributed by atoms with E-state index in [0.29, 0.717) is 18.5 Å². The Hall–Kier alpha value is -2.34. The Morgan fingerprint density at radius 3 is 3.06 bits per heavy atom. The van der Waals surface area contributed by atoms with Gasteiger partial charge in [0, 0.05) is 30.1 Å². The Kier molecular flexibility index (Phi) is 3.37. The molecule has 2 aromatic rings. The van der Waals surface area contributed by atoms with Crippen LogP contribution in [0.5, 0.6) is 0 Å². The molecule has 3 nitrogen and oxygen atoms in total. The highest BCUT2D eigenvalue weighted by Gasteiger charge is 2.08. The molecule has 17 heavy (non-hydrogen) atoms. The minimum atomic E-state index is -0.112. The number of terminal acetylenes is 1. The minimum Gasteiger partial charge on any atom is -0.351 e. The molecular weight excluding hydrogens is 212 g/mol. The second-order valence-electron chi connectivity index (χ2n) is 3.59. The van der Waals surface area contributed by atoms with Crippen molar-refractivity contribution in [3.8, 4) is 12.3 Å². The first-order chi connectivity index (χ1) is 8.33. The highest BCUT2D eigenvalue weighted by atomic mass is 16.1. The summed E-state index contributed by atoms with van der Waals surface area (Å²) in [5.74, 6) is 2.37. The monoisotopic (exact) mass is 224 g/mol. The molecular formula is C14H12N2O. The van der Waals surface area contributed by atoms with Crippen LogP contribution in [0.1, 0.15) is 16.8 Å². The smallest absolute Gasteiger partial charge is 0.252 e. The fourth-order valence-electron chi connectivity index (χ4n) is 1.64. The lowest BCUT2D eigenvalue weighted by Gasteiger charge is -2.06. The molecule has 0 saturated carbocycles. The summed E-state index contributed by atoms with van der Waals surface area (Å²) in [7, 11) is 0. The van der Waals surface area contributed by atoms with Crippen LogP contribution in [0, 0.1) is 12.3 Å². The van der Waals surface area contributed by atoms with Gasteiger partial charge in [-0.1, -0.05) is 12.1 Å². The molecule has 0 aliphatic rings. The maximum atomic E-state index is 11.9. The van der Waals surface area contributed by atoms with Gasteiger partial charge in [0.15, 0.2) is 0 Å². The standard InChI is InChI=1S/C14H12N2O/c1-2-3-9-16-14(17)12-6-4-8-13-11(12)7-5-10-15-13/h1,4-8,10H,3,9H2,(H,16,17). The van der Waals surface area contributed by atoms with Crippen molar-refractivity contribution in [2.75, 3.05) is 6.54 Å². The minimum absolute atomic E-state index is 0.112. The summed E-state index contributed by atoms with van der Waals surface area (Å²) in [5, 5.41) is 3.64. The molecule has 0 radical (unpaired) electrons. The van der Waals surface area contributed by atoms with Crippen molar-refractivity contribution < 1.29 is 4.79 Å². The lowest BCUT2D eigenvalue weighted by atomic mass is 10.1. The Bertz CT molecular complexity index is 579.